The van der Waals surface area contributed by atoms with Gasteiger partial charge in [-0.15, -0.1) is 0 Å². The minimum Gasteiger partial charge on any atom is -0.364 e. The molecule has 1 amide bonds. The van der Waals surface area contributed by atoms with Crippen molar-refractivity contribution in [1.82, 2.24) is 5.32 Å². The maximum Gasteiger partial charge on any atom is 0.275 e. The molecule has 116 valence electrons. The van der Waals surface area contributed by atoms with Crippen LogP contribution in [0.3, 0.4) is 0 Å². The second-order valence-corrected chi connectivity index (χ2v) is 6.12. The first-order valence-electron chi connectivity index (χ1n) is 7.85. The van der Waals surface area contributed by atoms with Crippen LogP contribution in [-0.2, 0) is 16.0 Å². The van der Waals surface area contributed by atoms with Crippen molar-refractivity contribution in [2.75, 3.05) is 26.2 Å². The number of rotatable bonds is 5. The third-order valence-electron chi connectivity index (χ3n) is 4.01. The van der Waals surface area contributed by atoms with Gasteiger partial charge >= 0.3 is 0 Å². The van der Waals surface area contributed by atoms with Crippen LogP contribution in [0.4, 0.5) is 0 Å². The number of carbonyl (C=O) groups is 1. The Bertz CT molecular complexity index is 466. The first-order chi connectivity index (χ1) is 10.0. The number of quaternary nitrogens is 1. The standard InChI is InChI=1S/C17H26N2O2/c1-13-6-4-5-7-16(13)8-9-18-17(20)12-19-10-14(2)21-15(3)11-19/h4-7,14-15H,8-12H2,1-3H3,(H,18,20)/p+1/t14-,15-/m0/s1. The number of ether oxygens (including phenoxy) is 1. The molecule has 1 fully saturated rings. The quantitative estimate of drug-likeness (QED) is 0.822. The highest BCUT2D eigenvalue weighted by Crippen LogP contribution is 2.06. The molecule has 2 atom stereocenters. The summed E-state index contributed by atoms with van der Waals surface area (Å²) in [4.78, 5) is 13.3. The number of hydrogen-bond donors (Lipinski definition) is 2. The Morgan fingerprint density at radius 2 is 1.95 bits per heavy atom. The van der Waals surface area contributed by atoms with Gasteiger partial charge in [0.1, 0.15) is 25.3 Å². The van der Waals surface area contributed by atoms with Gasteiger partial charge in [-0.1, -0.05) is 24.3 Å². The van der Waals surface area contributed by atoms with Crippen molar-refractivity contribution in [3.8, 4) is 0 Å². The van der Waals surface area contributed by atoms with Crippen LogP contribution in [0.25, 0.3) is 0 Å². The molecule has 2 rings (SSSR count). The fourth-order valence-electron chi connectivity index (χ4n) is 3.05. The van der Waals surface area contributed by atoms with Gasteiger partial charge in [0.2, 0.25) is 0 Å². The van der Waals surface area contributed by atoms with E-state index in [-0.39, 0.29) is 18.1 Å². The SMILES string of the molecule is Cc1ccccc1CCNC(=O)C[NH+]1C[C@H](C)O[C@@H](C)C1. The molecule has 4 heteroatoms. The fourth-order valence-corrected chi connectivity index (χ4v) is 3.05. The lowest BCUT2D eigenvalue weighted by Gasteiger charge is -2.31. The molecule has 0 bridgehead atoms. The van der Waals surface area contributed by atoms with Crippen LogP contribution < -0.4 is 10.2 Å². The second kappa shape index (κ2) is 7.57. The summed E-state index contributed by atoms with van der Waals surface area (Å²) in [6.45, 7) is 9.34. The number of amides is 1. The van der Waals surface area contributed by atoms with E-state index in [0.29, 0.717) is 13.1 Å². The average Bonchev–Trinajstić information content (AvgIpc) is 2.39. The van der Waals surface area contributed by atoms with Gasteiger partial charge < -0.3 is 15.0 Å². The van der Waals surface area contributed by atoms with Crippen LogP contribution in [-0.4, -0.2) is 44.3 Å². The molecule has 1 aromatic rings. The first kappa shape index (κ1) is 16.0. The molecule has 1 aliphatic rings. The van der Waals surface area contributed by atoms with Gasteiger partial charge in [0.15, 0.2) is 6.54 Å². The summed E-state index contributed by atoms with van der Waals surface area (Å²) < 4.78 is 5.70. The maximum absolute atomic E-state index is 12.0. The monoisotopic (exact) mass is 291 g/mol. The zero-order valence-electron chi connectivity index (χ0n) is 13.3. The van der Waals surface area contributed by atoms with Gasteiger partial charge in [0.25, 0.3) is 5.91 Å². The van der Waals surface area contributed by atoms with E-state index in [1.807, 2.05) is 12.1 Å². The van der Waals surface area contributed by atoms with Gasteiger partial charge in [-0.25, -0.2) is 0 Å². The predicted molar refractivity (Wildman–Crippen MR) is 83.5 cm³/mol. The number of benzene rings is 1. The van der Waals surface area contributed by atoms with Crippen LogP contribution in [0, 0.1) is 6.92 Å². The summed E-state index contributed by atoms with van der Waals surface area (Å²) in [5.74, 6) is 0.139. The average molecular weight is 291 g/mol. The van der Waals surface area contributed by atoms with E-state index in [9.17, 15) is 4.79 Å². The highest BCUT2D eigenvalue weighted by Gasteiger charge is 2.26. The van der Waals surface area contributed by atoms with Crippen molar-refractivity contribution in [2.45, 2.75) is 39.4 Å². The Morgan fingerprint density at radius 3 is 2.62 bits per heavy atom. The molecule has 1 aromatic carbocycles. The second-order valence-electron chi connectivity index (χ2n) is 6.12. The predicted octanol–water partition coefficient (Wildman–Crippen LogP) is 0.346. The molecule has 1 aliphatic heterocycles. The van der Waals surface area contributed by atoms with Crippen LogP contribution >= 0.6 is 0 Å². The lowest BCUT2D eigenvalue weighted by atomic mass is 10.1. The molecule has 0 aromatic heterocycles. The highest BCUT2D eigenvalue weighted by molar-refractivity contribution is 5.76. The lowest BCUT2D eigenvalue weighted by Crippen LogP contribution is -3.16. The number of nitrogens with one attached hydrogen (secondary N) is 2. The van der Waals surface area contributed by atoms with Crippen molar-refractivity contribution in [3.63, 3.8) is 0 Å². The van der Waals surface area contributed by atoms with Crippen molar-refractivity contribution >= 4 is 5.91 Å². The molecule has 4 nitrogen and oxygen atoms in total. The summed E-state index contributed by atoms with van der Waals surface area (Å²) in [6.07, 6.45) is 1.37. The minimum atomic E-state index is 0.139. The summed E-state index contributed by atoms with van der Waals surface area (Å²) in [5, 5.41) is 3.03. The van der Waals surface area contributed by atoms with E-state index >= 15 is 0 Å². The Morgan fingerprint density at radius 1 is 1.29 bits per heavy atom. The molecular weight excluding hydrogens is 264 g/mol. The van der Waals surface area contributed by atoms with Crippen molar-refractivity contribution in [2.24, 2.45) is 0 Å². The zero-order valence-corrected chi connectivity index (χ0v) is 13.3. The smallest absolute Gasteiger partial charge is 0.275 e. The van der Waals surface area contributed by atoms with Crippen molar-refractivity contribution < 1.29 is 14.4 Å². The van der Waals surface area contributed by atoms with Crippen molar-refractivity contribution in [1.29, 1.82) is 0 Å². The Hall–Kier alpha value is -1.39. The van der Waals surface area contributed by atoms with Gasteiger partial charge in [0, 0.05) is 6.54 Å². The summed E-state index contributed by atoms with van der Waals surface area (Å²) >= 11 is 0. The Balaban J connectivity index is 1.71. The molecule has 21 heavy (non-hydrogen) atoms. The van der Waals surface area contributed by atoms with E-state index in [1.54, 1.807) is 0 Å². The lowest BCUT2D eigenvalue weighted by molar-refractivity contribution is -0.907. The van der Waals surface area contributed by atoms with Gasteiger partial charge in [0.05, 0.1) is 0 Å². The van der Waals surface area contributed by atoms with E-state index in [1.165, 1.54) is 16.0 Å². The molecule has 2 N–H and O–H groups in total. The van der Waals surface area contributed by atoms with Crippen LogP contribution in [0.2, 0.25) is 0 Å². The molecule has 0 aliphatic carbocycles. The largest absolute Gasteiger partial charge is 0.364 e. The van der Waals surface area contributed by atoms with Crippen molar-refractivity contribution in [3.05, 3.63) is 35.4 Å². The van der Waals surface area contributed by atoms with Crippen LogP contribution in [0.15, 0.2) is 24.3 Å². The normalized spacial score (nSPS) is 25.6. The summed E-state index contributed by atoms with van der Waals surface area (Å²) in [6, 6.07) is 8.32. The topological polar surface area (TPSA) is 42.8 Å². The molecule has 1 saturated heterocycles. The zero-order chi connectivity index (χ0) is 15.2. The van der Waals surface area contributed by atoms with Crippen LogP contribution in [0.1, 0.15) is 25.0 Å². The third-order valence-corrected chi connectivity index (χ3v) is 4.01. The fraction of sp³-hybridized carbons (Fsp3) is 0.588. The van der Waals surface area contributed by atoms with Gasteiger partial charge in [-0.05, 0) is 38.3 Å². The number of hydrogen-bond acceptors (Lipinski definition) is 2. The summed E-state index contributed by atoms with van der Waals surface area (Å²) in [5.41, 5.74) is 2.59. The van der Waals surface area contributed by atoms with Crippen LogP contribution in [0.5, 0.6) is 0 Å². The molecule has 1 heterocycles. The van der Waals surface area contributed by atoms with Gasteiger partial charge in [-0.3, -0.25) is 4.79 Å². The van der Waals surface area contributed by atoms with E-state index < -0.39 is 0 Å². The number of aryl methyl sites for hydroxylation is 1. The van der Waals surface area contributed by atoms with Gasteiger partial charge in [-0.2, -0.15) is 0 Å². The maximum atomic E-state index is 12.0. The van der Waals surface area contributed by atoms with E-state index in [2.05, 4.69) is 38.2 Å². The molecule has 0 spiro atoms. The summed E-state index contributed by atoms with van der Waals surface area (Å²) in [7, 11) is 0. The van der Waals surface area contributed by atoms with E-state index in [0.717, 1.165) is 19.5 Å². The highest BCUT2D eigenvalue weighted by atomic mass is 16.5. The number of carbonyl (C=O) groups excluding carboxylic acids is 1. The van der Waals surface area contributed by atoms with E-state index in [4.69, 9.17) is 4.74 Å². The molecule has 0 saturated carbocycles. The molecule has 0 unspecified atom stereocenters. The Labute approximate surface area is 127 Å². The molecule has 0 radical (unpaired) electrons. The number of morpholine rings is 1. The first-order valence-corrected chi connectivity index (χ1v) is 7.85. The Kier molecular flexibility index (Phi) is 5.76. The minimum absolute atomic E-state index is 0.139. The molecular formula is C17H27N2O2+. The third kappa shape index (κ3) is 5.14.